The Hall–Kier alpha value is 0.319. The normalized spacial score (nSPS) is 5.00. The molecule has 0 atom stereocenters. The summed E-state index contributed by atoms with van der Waals surface area (Å²) in [6, 6.07) is 0. The van der Waals surface area contributed by atoms with Gasteiger partial charge in [0.2, 0.25) is 0 Å². The predicted molar refractivity (Wildman–Crippen MR) is 16.4 cm³/mol. The van der Waals surface area contributed by atoms with Gasteiger partial charge in [0.25, 0.3) is 0 Å². The molecule has 0 aliphatic heterocycles. The molecule has 1 radical (unpaired) electrons. The van der Waals surface area contributed by atoms with Crippen LogP contribution in [0.2, 0.25) is 0 Å². The van der Waals surface area contributed by atoms with Gasteiger partial charge in [-0.1, -0.05) is 6.92 Å². The maximum absolute atomic E-state index is 9.17. The largest absolute Gasteiger partial charge is 0.303 e. The van der Waals surface area contributed by atoms with E-state index >= 15 is 0 Å². The average molecular weight is 250 g/mol. The fourth-order valence-corrected chi connectivity index (χ4v) is 0. The van der Waals surface area contributed by atoms with E-state index in [1.165, 1.54) is 0 Å². The summed E-state index contributed by atoms with van der Waals surface area (Å²) >= 11 is 0. The van der Waals surface area contributed by atoms with Crippen LogP contribution in [-0.2, 0) is 24.9 Å². The van der Waals surface area contributed by atoms with Gasteiger partial charge in [-0.15, -0.1) is 0 Å². The molecule has 0 aromatic carbocycles. The molecule has 0 aliphatic rings. The molecule has 0 saturated carbocycles. The van der Waals surface area contributed by atoms with E-state index in [2.05, 4.69) is 0 Å². The van der Waals surface area contributed by atoms with Crippen molar-refractivity contribution in [1.29, 1.82) is 0 Å². The number of rotatable bonds is 1. The Morgan fingerprint density at radius 3 is 2.00 bits per heavy atom. The van der Waals surface area contributed by atoms with Crippen LogP contribution in [-0.4, -0.2) is 6.29 Å². The van der Waals surface area contributed by atoms with E-state index in [9.17, 15) is 4.79 Å². The van der Waals surface area contributed by atoms with E-state index in [-0.39, 0.29) is 20.1 Å². The Morgan fingerprint density at radius 1 is 1.80 bits per heavy atom. The zero-order valence-corrected chi connectivity index (χ0v) is 5.42. The van der Waals surface area contributed by atoms with Crippen molar-refractivity contribution in [3.63, 3.8) is 0 Å². The molecule has 1 nitrogen and oxygen atoms in total. The molecule has 0 unspecified atom stereocenters. The number of hydrogen-bond donors (Lipinski definition) is 0. The van der Waals surface area contributed by atoms with E-state index in [0.717, 1.165) is 6.29 Å². The van der Waals surface area contributed by atoms with Crippen molar-refractivity contribution < 1.29 is 24.9 Å². The van der Waals surface area contributed by atoms with Gasteiger partial charge in [-0.3, -0.25) is 0 Å². The van der Waals surface area contributed by atoms with Crippen LogP contribution in [0, 0.1) is 0 Å². The van der Waals surface area contributed by atoms with Crippen molar-refractivity contribution >= 4 is 6.29 Å². The molecule has 0 saturated heterocycles. The molecule has 0 heterocycles. The molecular weight excluding hydrogens is 244 g/mol. The third-order valence-corrected chi connectivity index (χ3v) is 0.167. The molecule has 0 bridgehead atoms. The van der Waals surface area contributed by atoms with Gasteiger partial charge in [0, 0.05) is 26.5 Å². The first-order valence-electron chi connectivity index (χ1n) is 1.35. The van der Waals surface area contributed by atoms with Gasteiger partial charge >= 0.3 is 0 Å². The smallest absolute Gasteiger partial charge is 0.119 e. The molecule has 0 N–H and O–H groups in total. The van der Waals surface area contributed by atoms with E-state index in [1.54, 1.807) is 0 Å². The first-order valence-corrected chi connectivity index (χ1v) is 1.35. The summed E-state index contributed by atoms with van der Waals surface area (Å²) in [5.41, 5.74) is 0. The number of hydrogen-bond acceptors (Lipinski definition) is 1. The predicted octanol–water partition coefficient (Wildman–Crippen LogP) is 0.593. The van der Waals surface area contributed by atoms with Gasteiger partial charge in [-0.2, -0.15) is 0 Å². The second-order valence-electron chi connectivity index (χ2n) is 0.575. The third-order valence-electron chi connectivity index (χ3n) is 0.167. The topological polar surface area (TPSA) is 17.1 Å². The summed E-state index contributed by atoms with van der Waals surface area (Å²) in [6.45, 7) is 1.81. The zero-order valence-electron chi connectivity index (χ0n) is 3.03. The SMILES string of the molecule is CCC=O.[Ir]. The van der Waals surface area contributed by atoms with Crippen molar-refractivity contribution in [3.05, 3.63) is 0 Å². The van der Waals surface area contributed by atoms with Crippen molar-refractivity contribution in [3.8, 4) is 0 Å². The van der Waals surface area contributed by atoms with E-state index in [0.29, 0.717) is 6.42 Å². The van der Waals surface area contributed by atoms with Crippen LogP contribution in [0.4, 0.5) is 0 Å². The monoisotopic (exact) mass is 251 g/mol. The number of carbonyl (C=O) groups is 1. The maximum atomic E-state index is 9.17. The van der Waals surface area contributed by atoms with Crippen molar-refractivity contribution in [2.24, 2.45) is 0 Å². The van der Waals surface area contributed by atoms with Gasteiger partial charge < -0.3 is 4.79 Å². The summed E-state index contributed by atoms with van der Waals surface area (Å²) in [5, 5.41) is 0. The Kier molecular flexibility index (Phi) is 15.9. The molecule has 33 valence electrons. The number of aldehydes is 1. The molecule has 5 heavy (non-hydrogen) atoms. The second kappa shape index (κ2) is 8.85. The fraction of sp³-hybridized carbons (Fsp3) is 0.667. The summed E-state index contributed by atoms with van der Waals surface area (Å²) in [7, 11) is 0. The quantitative estimate of drug-likeness (QED) is 0.623. The Balaban J connectivity index is 0. The van der Waals surface area contributed by atoms with E-state index < -0.39 is 0 Å². The van der Waals surface area contributed by atoms with Gasteiger partial charge in [-0.05, 0) is 0 Å². The van der Waals surface area contributed by atoms with Crippen LogP contribution in [0.5, 0.6) is 0 Å². The minimum atomic E-state index is 0. The Morgan fingerprint density at radius 2 is 2.00 bits per heavy atom. The standard InChI is InChI=1S/C3H6O.Ir/c1-2-3-4;/h3H,2H2,1H3;. The fourth-order valence-electron chi connectivity index (χ4n) is 0. The van der Waals surface area contributed by atoms with Gasteiger partial charge in [0.15, 0.2) is 0 Å². The zero-order chi connectivity index (χ0) is 3.41. The average Bonchev–Trinajstić information content (AvgIpc) is 1.37. The second-order valence-corrected chi connectivity index (χ2v) is 0.575. The maximum Gasteiger partial charge on any atom is 0.119 e. The molecule has 0 aromatic heterocycles. The Labute approximate surface area is 45.1 Å². The summed E-state index contributed by atoms with van der Waals surface area (Å²) in [5.74, 6) is 0. The van der Waals surface area contributed by atoms with Gasteiger partial charge in [-0.25, -0.2) is 0 Å². The number of carbonyl (C=O) groups excluding carboxylic acids is 1. The van der Waals surface area contributed by atoms with Crippen LogP contribution >= 0.6 is 0 Å². The Bertz CT molecular complexity index is 20.9. The van der Waals surface area contributed by atoms with Crippen molar-refractivity contribution in [2.75, 3.05) is 0 Å². The van der Waals surface area contributed by atoms with Crippen molar-refractivity contribution in [1.82, 2.24) is 0 Å². The molecule has 0 aliphatic carbocycles. The van der Waals surface area contributed by atoms with Crippen LogP contribution in [0.25, 0.3) is 0 Å². The van der Waals surface area contributed by atoms with Crippen LogP contribution < -0.4 is 0 Å². The van der Waals surface area contributed by atoms with Gasteiger partial charge in [0.1, 0.15) is 6.29 Å². The third kappa shape index (κ3) is 13.3. The molecule has 0 amide bonds. The molecule has 2 heteroatoms. The van der Waals surface area contributed by atoms with Crippen LogP contribution in [0.3, 0.4) is 0 Å². The molecule has 0 aromatic rings. The van der Waals surface area contributed by atoms with E-state index in [1.807, 2.05) is 6.92 Å². The molecule has 0 rings (SSSR count). The minimum Gasteiger partial charge on any atom is -0.303 e. The molecule has 0 spiro atoms. The first kappa shape index (κ1) is 9.01. The first-order chi connectivity index (χ1) is 1.91. The van der Waals surface area contributed by atoms with E-state index in [4.69, 9.17) is 0 Å². The van der Waals surface area contributed by atoms with Crippen LogP contribution in [0.1, 0.15) is 13.3 Å². The summed E-state index contributed by atoms with van der Waals surface area (Å²) < 4.78 is 0. The van der Waals surface area contributed by atoms with Crippen molar-refractivity contribution in [2.45, 2.75) is 13.3 Å². The molecular formula is C3H6IrO. The molecule has 0 fully saturated rings. The minimum absolute atomic E-state index is 0. The summed E-state index contributed by atoms with van der Waals surface area (Å²) in [4.78, 5) is 9.17. The summed E-state index contributed by atoms with van der Waals surface area (Å²) in [6.07, 6.45) is 1.51. The van der Waals surface area contributed by atoms with Crippen LogP contribution in [0.15, 0.2) is 0 Å². The van der Waals surface area contributed by atoms with Gasteiger partial charge in [0.05, 0.1) is 0 Å².